The largest absolute Gasteiger partial charge is 0.389 e. The van der Waals surface area contributed by atoms with Crippen molar-refractivity contribution in [2.75, 3.05) is 0 Å². The second-order valence-corrected chi connectivity index (χ2v) is 3.76. The number of imidazole rings is 1. The lowest BCUT2D eigenvalue weighted by atomic mass is 10.1. The van der Waals surface area contributed by atoms with Gasteiger partial charge < -0.3 is 9.67 Å². The summed E-state index contributed by atoms with van der Waals surface area (Å²) in [5, 5.41) is 9.99. The molecule has 1 aromatic carbocycles. The molecule has 0 spiro atoms. The summed E-state index contributed by atoms with van der Waals surface area (Å²) in [6.07, 6.45) is 4.70. The van der Waals surface area contributed by atoms with E-state index >= 15 is 0 Å². The first kappa shape index (κ1) is 10.2. The molecule has 2 rings (SSSR count). The lowest BCUT2D eigenvalue weighted by Crippen LogP contribution is -1.95. The molecule has 0 bridgehead atoms. The Morgan fingerprint density at radius 1 is 1.47 bits per heavy atom. The molecule has 2 aromatic rings. The number of benzene rings is 1. The van der Waals surface area contributed by atoms with Gasteiger partial charge in [-0.3, -0.25) is 0 Å². The summed E-state index contributed by atoms with van der Waals surface area (Å²) in [5.41, 5.74) is 1.67. The van der Waals surface area contributed by atoms with Crippen LogP contribution >= 0.6 is 11.6 Å². The molecule has 4 heteroatoms. The lowest BCUT2D eigenvalue weighted by Gasteiger charge is -2.09. The molecule has 0 aliphatic carbocycles. The maximum atomic E-state index is 9.39. The van der Waals surface area contributed by atoms with Gasteiger partial charge in [0.15, 0.2) is 0 Å². The molecule has 1 aromatic heterocycles. The fraction of sp³-hybridized carbons (Fsp3) is 0.182. The number of hydrogen-bond acceptors (Lipinski definition) is 2. The Balaban J connectivity index is 2.44. The molecule has 0 saturated heterocycles. The fourth-order valence-corrected chi connectivity index (χ4v) is 1.68. The summed E-state index contributed by atoms with van der Waals surface area (Å²) in [6, 6.07) is 5.49. The van der Waals surface area contributed by atoms with E-state index in [9.17, 15) is 5.11 Å². The molecule has 78 valence electrons. The van der Waals surface area contributed by atoms with E-state index in [1.807, 2.05) is 22.9 Å². The van der Waals surface area contributed by atoms with E-state index in [0.29, 0.717) is 5.02 Å². The molecule has 0 fully saturated rings. The van der Waals surface area contributed by atoms with Gasteiger partial charge in [0.1, 0.15) is 0 Å². The highest BCUT2D eigenvalue weighted by atomic mass is 35.5. The normalized spacial score (nSPS) is 12.7. The number of hydrogen-bond donors (Lipinski definition) is 1. The number of aliphatic hydroxyl groups is 1. The first-order chi connectivity index (χ1) is 7.18. The first-order valence-corrected chi connectivity index (χ1v) is 5.02. The first-order valence-electron chi connectivity index (χ1n) is 4.64. The monoisotopic (exact) mass is 222 g/mol. The zero-order valence-electron chi connectivity index (χ0n) is 8.26. The quantitative estimate of drug-likeness (QED) is 0.848. The van der Waals surface area contributed by atoms with Crippen LogP contribution in [0, 0.1) is 0 Å². The average Bonchev–Trinajstić information content (AvgIpc) is 2.70. The minimum absolute atomic E-state index is 0.501. The molecular weight excluding hydrogens is 212 g/mol. The van der Waals surface area contributed by atoms with Gasteiger partial charge in [-0.2, -0.15) is 0 Å². The predicted octanol–water partition coefficient (Wildman–Crippen LogP) is 2.58. The Morgan fingerprint density at radius 2 is 2.27 bits per heavy atom. The number of aliphatic hydroxyl groups excluding tert-OH is 1. The fourth-order valence-electron chi connectivity index (χ4n) is 1.39. The molecule has 0 aliphatic rings. The third-order valence-corrected chi connectivity index (χ3v) is 2.54. The van der Waals surface area contributed by atoms with Crippen LogP contribution in [-0.2, 0) is 0 Å². The van der Waals surface area contributed by atoms with E-state index in [1.54, 1.807) is 25.5 Å². The van der Waals surface area contributed by atoms with Gasteiger partial charge in [-0.05, 0) is 24.6 Å². The Hall–Kier alpha value is -1.32. The third kappa shape index (κ3) is 2.03. The van der Waals surface area contributed by atoms with E-state index in [4.69, 9.17) is 11.6 Å². The Morgan fingerprint density at radius 3 is 2.80 bits per heavy atom. The van der Waals surface area contributed by atoms with Crippen molar-refractivity contribution >= 4 is 11.6 Å². The predicted molar refractivity (Wildman–Crippen MR) is 59.2 cm³/mol. The summed E-state index contributed by atoms with van der Waals surface area (Å²) >= 11 is 6.11. The van der Waals surface area contributed by atoms with Crippen LogP contribution in [0.1, 0.15) is 18.6 Å². The lowest BCUT2D eigenvalue weighted by molar-refractivity contribution is 0.199. The van der Waals surface area contributed by atoms with Crippen molar-refractivity contribution in [1.29, 1.82) is 0 Å². The Labute approximate surface area is 93.0 Å². The smallest absolute Gasteiger partial charge is 0.0992 e. The molecule has 15 heavy (non-hydrogen) atoms. The maximum absolute atomic E-state index is 9.39. The van der Waals surface area contributed by atoms with E-state index in [1.165, 1.54) is 0 Å². The van der Waals surface area contributed by atoms with Crippen molar-refractivity contribution in [3.8, 4) is 5.69 Å². The van der Waals surface area contributed by atoms with Crippen LogP contribution in [0.3, 0.4) is 0 Å². The standard InChI is InChI=1S/C11H11ClN2O/c1-8(15)9-2-3-11(10(12)6-9)14-5-4-13-7-14/h2-8,15H,1H3/t8-/m1/s1. The second kappa shape index (κ2) is 4.04. The molecule has 1 N–H and O–H groups in total. The summed E-state index contributed by atoms with van der Waals surface area (Å²) < 4.78 is 1.83. The minimum Gasteiger partial charge on any atom is -0.389 e. The van der Waals surface area contributed by atoms with Crippen LogP contribution in [0.15, 0.2) is 36.9 Å². The zero-order valence-corrected chi connectivity index (χ0v) is 9.02. The van der Waals surface area contributed by atoms with Crippen LogP contribution in [0.25, 0.3) is 5.69 Å². The van der Waals surface area contributed by atoms with Gasteiger partial charge in [-0.1, -0.05) is 17.7 Å². The van der Waals surface area contributed by atoms with E-state index < -0.39 is 6.10 Å². The third-order valence-electron chi connectivity index (χ3n) is 2.24. The van der Waals surface area contributed by atoms with Crippen LogP contribution in [0.4, 0.5) is 0 Å². The van der Waals surface area contributed by atoms with E-state index in [-0.39, 0.29) is 0 Å². The SMILES string of the molecule is C[C@@H](O)c1ccc(-n2ccnc2)c(Cl)c1. The highest BCUT2D eigenvalue weighted by molar-refractivity contribution is 6.32. The van der Waals surface area contributed by atoms with Crippen LogP contribution in [0.5, 0.6) is 0 Å². The van der Waals surface area contributed by atoms with Crippen LogP contribution in [0.2, 0.25) is 5.02 Å². The highest BCUT2D eigenvalue weighted by Gasteiger charge is 2.06. The van der Waals surface area contributed by atoms with Gasteiger partial charge in [-0.25, -0.2) is 4.98 Å². The summed E-state index contributed by atoms with van der Waals surface area (Å²) in [7, 11) is 0. The van der Waals surface area contributed by atoms with E-state index in [2.05, 4.69) is 4.98 Å². The van der Waals surface area contributed by atoms with Crippen molar-refractivity contribution in [1.82, 2.24) is 9.55 Å². The average molecular weight is 223 g/mol. The Bertz CT molecular complexity index is 452. The van der Waals surface area contributed by atoms with Crippen molar-refractivity contribution < 1.29 is 5.11 Å². The van der Waals surface area contributed by atoms with Gasteiger partial charge in [0.05, 0.1) is 23.1 Å². The molecule has 0 saturated carbocycles. The van der Waals surface area contributed by atoms with Crippen LogP contribution < -0.4 is 0 Å². The van der Waals surface area contributed by atoms with Crippen molar-refractivity contribution in [3.63, 3.8) is 0 Å². The molecule has 0 amide bonds. The minimum atomic E-state index is -0.501. The molecule has 0 unspecified atom stereocenters. The second-order valence-electron chi connectivity index (χ2n) is 3.36. The van der Waals surface area contributed by atoms with Gasteiger partial charge in [0, 0.05) is 12.4 Å². The molecular formula is C11H11ClN2O. The summed E-state index contributed by atoms with van der Waals surface area (Å²) in [4.78, 5) is 3.95. The van der Waals surface area contributed by atoms with Gasteiger partial charge in [0.2, 0.25) is 0 Å². The number of aromatic nitrogens is 2. The molecule has 0 radical (unpaired) electrons. The summed E-state index contributed by atoms with van der Waals surface area (Å²) in [5.74, 6) is 0. The number of rotatable bonds is 2. The van der Waals surface area contributed by atoms with Crippen molar-refractivity contribution in [2.45, 2.75) is 13.0 Å². The zero-order chi connectivity index (χ0) is 10.8. The number of halogens is 1. The molecule has 3 nitrogen and oxygen atoms in total. The maximum Gasteiger partial charge on any atom is 0.0992 e. The van der Waals surface area contributed by atoms with Gasteiger partial charge in [-0.15, -0.1) is 0 Å². The van der Waals surface area contributed by atoms with Gasteiger partial charge in [0.25, 0.3) is 0 Å². The molecule has 1 atom stereocenters. The van der Waals surface area contributed by atoms with E-state index in [0.717, 1.165) is 11.3 Å². The number of nitrogens with zero attached hydrogens (tertiary/aromatic N) is 2. The topological polar surface area (TPSA) is 38.0 Å². The highest BCUT2D eigenvalue weighted by Crippen LogP contribution is 2.24. The van der Waals surface area contributed by atoms with Gasteiger partial charge >= 0.3 is 0 Å². The summed E-state index contributed by atoms with van der Waals surface area (Å²) in [6.45, 7) is 1.71. The Kier molecular flexibility index (Phi) is 2.75. The molecule has 1 heterocycles. The van der Waals surface area contributed by atoms with Crippen molar-refractivity contribution in [2.24, 2.45) is 0 Å². The van der Waals surface area contributed by atoms with Crippen molar-refractivity contribution in [3.05, 3.63) is 47.5 Å². The van der Waals surface area contributed by atoms with Crippen LogP contribution in [-0.4, -0.2) is 14.7 Å². The molecule has 0 aliphatic heterocycles.